The fraction of sp³-hybridized carbons (Fsp3) is 1.00. The molecule has 1 aliphatic heterocycles. The van der Waals surface area contributed by atoms with Gasteiger partial charge in [0.15, 0.2) is 0 Å². The van der Waals surface area contributed by atoms with Crippen LogP contribution in [0.1, 0.15) is 65.2 Å². The molecule has 0 aliphatic carbocycles. The smallest absolute Gasteiger partial charge is 0.0945 e. The van der Waals surface area contributed by atoms with Crippen LogP contribution >= 0.6 is 0 Å². The van der Waals surface area contributed by atoms with Gasteiger partial charge in [0, 0.05) is 12.5 Å². The first-order chi connectivity index (χ1) is 8.65. The zero-order chi connectivity index (χ0) is 13.4. The summed E-state index contributed by atoms with van der Waals surface area (Å²) in [4.78, 5) is 0. The summed E-state index contributed by atoms with van der Waals surface area (Å²) in [6.07, 6.45) is 7.19. The predicted molar refractivity (Wildman–Crippen MR) is 75.6 cm³/mol. The average Bonchev–Trinajstić information content (AvgIpc) is 2.43. The van der Waals surface area contributed by atoms with Crippen molar-refractivity contribution in [1.82, 2.24) is 5.32 Å². The van der Waals surface area contributed by atoms with Crippen LogP contribution in [-0.4, -0.2) is 35.0 Å². The van der Waals surface area contributed by atoms with Crippen molar-refractivity contribution in [3.05, 3.63) is 0 Å². The topological polar surface area (TPSA) is 52.5 Å². The van der Waals surface area contributed by atoms with Crippen LogP contribution in [0.2, 0.25) is 0 Å². The van der Waals surface area contributed by atoms with Crippen molar-refractivity contribution < 1.29 is 10.2 Å². The largest absolute Gasteiger partial charge is 0.390 e. The first-order valence-electron chi connectivity index (χ1n) is 7.76. The molecule has 3 N–H and O–H groups in total. The molecule has 0 amide bonds. The van der Waals surface area contributed by atoms with Crippen molar-refractivity contribution in [3.63, 3.8) is 0 Å². The molecule has 1 aliphatic rings. The van der Waals surface area contributed by atoms with Gasteiger partial charge in [-0.3, -0.25) is 0 Å². The fourth-order valence-electron chi connectivity index (χ4n) is 3.03. The summed E-state index contributed by atoms with van der Waals surface area (Å²) in [5, 5.41) is 24.7. The first kappa shape index (κ1) is 15.9. The molecule has 1 heterocycles. The van der Waals surface area contributed by atoms with Crippen LogP contribution in [-0.2, 0) is 0 Å². The highest BCUT2D eigenvalue weighted by Gasteiger charge is 2.42. The summed E-state index contributed by atoms with van der Waals surface area (Å²) in [6, 6.07) is 0. The lowest BCUT2D eigenvalue weighted by Crippen LogP contribution is -2.53. The second-order valence-electron chi connectivity index (χ2n) is 5.80. The minimum absolute atomic E-state index is 0.213. The number of unbranched alkanes of at least 4 members (excludes halogenated alkanes) is 2. The maximum atomic E-state index is 11.0. The highest BCUT2D eigenvalue weighted by atomic mass is 16.3. The van der Waals surface area contributed by atoms with Gasteiger partial charge in [0.25, 0.3) is 0 Å². The third kappa shape index (κ3) is 4.22. The van der Waals surface area contributed by atoms with Gasteiger partial charge in [0.1, 0.15) is 0 Å². The Hall–Kier alpha value is -0.120. The lowest BCUT2D eigenvalue weighted by atomic mass is 9.74. The van der Waals surface area contributed by atoms with Crippen LogP contribution in [0, 0.1) is 5.92 Å². The molecule has 1 saturated heterocycles. The van der Waals surface area contributed by atoms with E-state index in [-0.39, 0.29) is 5.92 Å². The third-order valence-electron chi connectivity index (χ3n) is 4.34. The van der Waals surface area contributed by atoms with Gasteiger partial charge < -0.3 is 15.5 Å². The lowest BCUT2D eigenvalue weighted by molar-refractivity contribution is -0.127. The SMILES string of the molecule is CCCCC(O)C(O)(CCCC)[C@@H]1CCCNC1. The van der Waals surface area contributed by atoms with Crippen molar-refractivity contribution in [2.24, 2.45) is 5.92 Å². The zero-order valence-electron chi connectivity index (χ0n) is 12.1. The van der Waals surface area contributed by atoms with Gasteiger partial charge in [0.05, 0.1) is 11.7 Å². The van der Waals surface area contributed by atoms with Gasteiger partial charge in [-0.1, -0.05) is 39.5 Å². The van der Waals surface area contributed by atoms with E-state index in [2.05, 4.69) is 19.2 Å². The predicted octanol–water partition coefficient (Wildman–Crippen LogP) is 2.46. The minimum atomic E-state index is -0.876. The standard InChI is InChI=1S/C15H31NO2/c1-3-5-9-14(17)15(18,10-6-4-2)13-8-7-11-16-12-13/h13-14,16-18H,3-12H2,1-2H3/t13-,14?,15?/m1/s1. The van der Waals surface area contributed by atoms with Gasteiger partial charge in [-0.2, -0.15) is 0 Å². The molecule has 108 valence electrons. The molecule has 1 fully saturated rings. The summed E-state index contributed by atoms with van der Waals surface area (Å²) in [7, 11) is 0. The molecule has 3 nitrogen and oxygen atoms in total. The normalized spacial score (nSPS) is 25.7. The van der Waals surface area contributed by atoms with Crippen LogP contribution in [0.5, 0.6) is 0 Å². The van der Waals surface area contributed by atoms with E-state index in [0.29, 0.717) is 0 Å². The van der Waals surface area contributed by atoms with E-state index < -0.39 is 11.7 Å². The number of aliphatic hydroxyl groups excluding tert-OH is 1. The molecule has 0 saturated carbocycles. The van der Waals surface area contributed by atoms with Crippen LogP contribution in [0.25, 0.3) is 0 Å². The molecule has 18 heavy (non-hydrogen) atoms. The third-order valence-corrected chi connectivity index (χ3v) is 4.34. The number of rotatable bonds is 8. The van der Waals surface area contributed by atoms with Gasteiger partial charge in [-0.05, 0) is 32.2 Å². The second-order valence-corrected chi connectivity index (χ2v) is 5.80. The summed E-state index contributed by atoms with van der Waals surface area (Å²) >= 11 is 0. The Bertz CT molecular complexity index is 217. The first-order valence-corrected chi connectivity index (χ1v) is 7.76. The zero-order valence-corrected chi connectivity index (χ0v) is 12.1. The summed E-state index contributed by atoms with van der Waals surface area (Å²) in [6.45, 7) is 6.16. The fourth-order valence-corrected chi connectivity index (χ4v) is 3.03. The minimum Gasteiger partial charge on any atom is -0.390 e. The van der Waals surface area contributed by atoms with E-state index in [0.717, 1.165) is 64.5 Å². The quantitative estimate of drug-likeness (QED) is 0.626. The maximum absolute atomic E-state index is 11.0. The summed E-state index contributed by atoms with van der Waals surface area (Å²) in [5.74, 6) is 0.213. The van der Waals surface area contributed by atoms with E-state index in [9.17, 15) is 10.2 Å². The van der Waals surface area contributed by atoms with Gasteiger partial charge in [-0.25, -0.2) is 0 Å². The molecule has 0 aromatic heterocycles. The van der Waals surface area contributed by atoms with Gasteiger partial charge in [0.2, 0.25) is 0 Å². The van der Waals surface area contributed by atoms with Crippen molar-refractivity contribution in [2.75, 3.05) is 13.1 Å². The molecule has 3 atom stereocenters. The average molecular weight is 257 g/mol. The summed E-state index contributed by atoms with van der Waals surface area (Å²) < 4.78 is 0. The molecular weight excluding hydrogens is 226 g/mol. The molecular formula is C15H31NO2. The Kier molecular flexibility index (Phi) is 7.20. The Morgan fingerprint density at radius 2 is 2.00 bits per heavy atom. The molecule has 0 bridgehead atoms. The van der Waals surface area contributed by atoms with Crippen LogP contribution < -0.4 is 5.32 Å². The van der Waals surface area contributed by atoms with E-state index in [1.165, 1.54) is 0 Å². The molecule has 0 aromatic rings. The van der Waals surface area contributed by atoms with Crippen molar-refractivity contribution in [3.8, 4) is 0 Å². The van der Waals surface area contributed by atoms with Crippen molar-refractivity contribution in [1.29, 1.82) is 0 Å². The molecule has 0 radical (unpaired) electrons. The molecule has 2 unspecified atom stereocenters. The van der Waals surface area contributed by atoms with Crippen LogP contribution in [0.3, 0.4) is 0 Å². The van der Waals surface area contributed by atoms with Crippen LogP contribution in [0.4, 0.5) is 0 Å². The maximum Gasteiger partial charge on any atom is 0.0945 e. The Morgan fingerprint density at radius 3 is 2.56 bits per heavy atom. The van der Waals surface area contributed by atoms with Crippen LogP contribution in [0.15, 0.2) is 0 Å². The second kappa shape index (κ2) is 8.13. The molecule has 0 spiro atoms. The molecule has 1 rings (SSSR count). The Labute approximate surface area is 112 Å². The highest BCUT2D eigenvalue weighted by Crippen LogP contribution is 2.34. The van der Waals surface area contributed by atoms with E-state index >= 15 is 0 Å². The van der Waals surface area contributed by atoms with Crippen molar-refractivity contribution >= 4 is 0 Å². The highest BCUT2D eigenvalue weighted by molar-refractivity contribution is 4.95. The number of piperidine rings is 1. The van der Waals surface area contributed by atoms with E-state index in [4.69, 9.17) is 0 Å². The number of aliphatic hydroxyl groups is 2. The Balaban J connectivity index is 2.65. The van der Waals surface area contributed by atoms with E-state index in [1.54, 1.807) is 0 Å². The number of nitrogens with one attached hydrogen (secondary N) is 1. The van der Waals surface area contributed by atoms with Gasteiger partial charge in [-0.15, -0.1) is 0 Å². The molecule has 3 heteroatoms. The monoisotopic (exact) mass is 257 g/mol. The lowest BCUT2D eigenvalue weighted by Gasteiger charge is -2.42. The van der Waals surface area contributed by atoms with Crippen molar-refractivity contribution in [2.45, 2.75) is 76.9 Å². The summed E-state index contributed by atoms with van der Waals surface area (Å²) in [5.41, 5.74) is -0.876. The molecule has 0 aromatic carbocycles. The number of hydrogen-bond acceptors (Lipinski definition) is 3. The number of hydrogen-bond donors (Lipinski definition) is 3. The Morgan fingerprint density at radius 1 is 1.28 bits per heavy atom. The van der Waals surface area contributed by atoms with Gasteiger partial charge >= 0.3 is 0 Å². The van der Waals surface area contributed by atoms with E-state index in [1.807, 2.05) is 0 Å².